The van der Waals surface area contributed by atoms with Crippen LogP contribution < -0.4 is 16.0 Å². The molecular weight excluding hydrogens is 494 g/mol. The Morgan fingerprint density at radius 1 is 1.21 bits per heavy atom. The van der Waals surface area contributed by atoms with Gasteiger partial charge in [0.1, 0.15) is 11.6 Å². The molecular formula is C25H38BrN7O. The summed E-state index contributed by atoms with van der Waals surface area (Å²) in [6.45, 7) is 13.6. The number of rotatable bonds is 11. The van der Waals surface area contributed by atoms with Crippen molar-refractivity contribution in [2.75, 3.05) is 43.2 Å². The predicted octanol–water partition coefficient (Wildman–Crippen LogP) is 5.05. The molecule has 2 aromatic heterocycles. The summed E-state index contributed by atoms with van der Waals surface area (Å²) in [6, 6.07) is 10.1. The minimum atomic E-state index is -0.0817. The number of aliphatic hydroxyl groups excluding tert-OH is 1. The van der Waals surface area contributed by atoms with Gasteiger partial charge >= 0.3 is 0 Å². The van der Waals surface area contributed by atoms with Gasteiger partial charge in [0, 0.05) is 30.5 Å². The van der Waals surface area contributed by atoms with Gasteiger partial charge < -0.3 is 26.0 Å². The standard InChI is InChI=1S/C23H32BrN7O.C2H6/c1-15(2)20(14-32)28-21-10-22(31-23(29-21)19(24)12-26-31)25-11-17-6-8-18(9-7-17)27-16(3)13-30(4)5;1-2/h6-10,12,15,20,25,27,32H,3,11,13-14H2,1-2,4-5H3,(H,28,29);1-2H3. The molecule has 0 amide bonds. The molecule has 2 heterocycles. The van der Waals surface area contributed by atoms with Crippen LogP contribution in [0.15, 0.2) is 53.3 Å². The number of nitrogens with zero attached hydrogens (tertiary/aromatic N) is 4. The zero-order chi connectivity index (χ0) is 25.3. The molecule has 0 aliphatic rings. The maximum absolute atomic E-state index is 9.68. The van der Waals surface area contributed by atoms with Crippen LogP contribution in [0.3, 0.4) is 0 Å². The van der Waals surface area contributed by atoms with E-state index in [1.807, 2.05) is 46.1 Å². The van der Waals surface area contributed by atoms with E-state index in [0.29, 0.717) is 18.0 Å². The molecule has 186 valence electrons. The van der Waals surface area contributed by atoms with E-state index in [0.717, 1.165) is 33.8 Å². The first-order valence-electron chi connectivity index (χ1n) is 11.6. The number of hydrogen-bond donors (Lipinski definition) is 4. The second-order valence-electron chi connectivity index (χ2n) is 8.45. The number of aliphatic hydroxyl groups is 1. The largest absolute Gasteiger partial charge is 0.394 e. The van der Waals surface area contributed by atoms with Crippen LogP contribution in [0.25, 0.3) is 5.65 Å². The molecule has 0 saturated heterocycles. The van der Waals surface area contributed by atoms with Crippen LogP contribution in [-0.2, 0) is 6.54 Å². The lowest BCUT2D eigenvalue weighted by molar-refractivity contribution is 0.249. The summed E-state index contributed by atoms with van der Waals surface area (Å²) >= 11 is 3.52. The van der Waals surface area contributed by atoms with Crippen LogP contribution in [0.2, 0.25) is 0 Å². The molecule has 8 nitrogen and oxygen atoms in total. The van der Waals surface area contributed by atoms with Gasteiger partial charge in [-0.3, -0.25) is 0 Å². The molecule has 9 heteroatoms. The molecule has 3 rings (SSSR count). The van der Waals surface area contributed by atoms with Gasteiger partial charge in [-0.2, -0.15) is 9.61 Å². The van der Waals surface area contributed by atoms with E-state index in [1.54, 1.807) is 10.7 Å². The highest BCUT2D eigenvalue weighted by Crippen LogP contribution is 2.24. The van der Waals surface area contributed by atoms with Gasteiger partial charge in [0.05, 0.1) is 23.3 Å². The third kappa shape index (κ3) is 7.72. The van der Waals surface area contributed by atoms with Crippen LogP contribution in [0.1, 0.15) is 33.3 Å². The Labute approximate surface area is 211 Å². The monoisotopic (exact) mass is 531 g/mol. The van der Waals surface area contributed by atoms with Crippen molar-refractivity contribution in [2.45, 2.75) is 40.3 Å². The van der Waals surface area contributed by atoms with Crippen molar-refractivity contribution >= 4 is 38.9 Å². The highest BCUT2D eigenvalue weighted by atomic mass is 79.9. The van der Waals surface area contributed by atoms with Crippen molar-refractivity contribution in [2.24, 2.45) is 5.92 Å². The molecule has 0 bridgehead atoms. The minimum Gasteiger partial charge on any atom is -0.394 e. The van der Waals surface area contributed by atoms with Gasteiger partial charge in [0.25, 0.3) is 0 Å². The van der Waals surface area contributed by atoms with Crippen molar-refractivity contribution in [3.63, 3.8) is 0 Å². The molecule has 1 unspecified atom stereocenters. The van der Waals surface area contributed by atoms with Gasteiger partial charge in [-0.05, 0) is 53.6 Å². The Hall–Kier alpha value is -2.62. The molecule has 1 aromatic carbocycles. The molecule has 0 fully saturated rings. The molecule has 4 N–H and O–H groups in total. The number of hydrogen-bond acceptors (Lipinski definition) is 7. The van der Waals surface area contributed by atoms with Crippen molar-refractivity contribution < 1.29 is 5.11 Å². The van der Waals surface area contributed by atoms with E-state index in [2.05, 4.69) is 79.4 Å². The van der Waals surface area contributed by atoms with E-state index >= 15 is 0 Å². The zero-order valence-electron chi connectivity index (χ0n) is 21.1. The van der Waals surface area contributed by atoms with Crippen molar-refractivity contribution in [3.05, 3.63) is 58.8 Å². The first kappa shape index (κ1) is 27.6. The second kappa shape index (κ2) is 13.3. The fraction of sp³-hybridized carbons (Fsp3) is 0.440. The molecule has 0 radical (unpaired) electrons. The van der Waals surface area contributed by atoms with Gasteiger partial charge in [-0.25, -0.2) is 4.98 Å². The predicted molar refractivity (Wildman–Crippen MR) is 146 cm³/mol. The Bertz CT molecular complexity index is 1050. The first-order valence-corrected chi connectivity index (χ1v) is 12.4. The maximum Gasteiger partial charge on any atom is 0.173 e. The van der Waals surface area contributed by atoms with Crippen LogP contribution in [0.4, 0.5) is 17.3 Å². The van der Waals surface area contributed by atoms with E-state index in [-0.39, 0.29) is 18.6 Å². The number of likely N-dealkylation sites (N-methyl/N-ethyl adjacent to an activating group) is 1. The van der Waals surface area contributed by atoms with Gasteiger partial charge in [0.15, 0.2) is 5.65 Å². The molecule has 34 heavy (non-hydrogen) atoms. The maximum atomic E-state index is 9.68. The average Bonchev–Trinajstić information content (AvgIpc) is 3.18. The lowest BCUT2D eigenvalue weighted by Crippen LogP contribution is -2.30. The lowest BCUT2D eigenvalue weighted by atomic mass is 10.1. The fourth-order valence-electron chi connectivity index (χ4n) is 3.27. The Morgan fingerprint density at radius 2 is 1.88 bits per heavy atom. The van der Waals surface area contributed by atoms with Gasteiger partial charge in [0.2, 0.25) is 0 Å². The summed E-state index contributed by atoms with van der Waals surface area (Å²) in [6.07, 6.45) is 1.73. The van der Waals surface area contributed by atoms with Gasteiger partial charge in [-0.1, -0.05) is 46.4 Å². The number of aromatic nitrogens is 3. The van der Waals surface area contributed by atoms with Crippen LogP contribution in [0, 0.1) is 5.92 Å². The van der Waals surface area contributed by atoms with Crippen molar-refractivity contribution in [1.29, 1.82) is 0 Å². The van der Waals surface area contributed by atoms with Crippen LogP contribution in [0.5, 0.6) is 0 Å². The average molecular weight is 533 g/mol. The molecule has 0 saturated carbocycles. The van der Waals surface area contributed by atoms with Crippen LogP contribution >= 0.6 is 15.9 Å². The number of anilines is 3. The fourth-order valence-corrected chi connectivity index (χ4v) is 3.62. The topological polar surface area (TPSA) is 89.8 Å². The van der Waals surface area contributed by atoms with E-state index in [4.69, 9.17) is 0 Å². The SMILES string of the molecule is C=C(CN(C)C)Nc1ccc(CNc2cc(NC(CO)C(C)C)nc3c(Br)cnn23)cc1.CC. The van der Waals surface area contributed by atoms with Gasteiger partial charge in [-0.15, -0.1) is 0 Å². The summed E-state index contributed by atoms with van der Waals surface area (Å²) in [5.74, 6) is 1.77. The first-order chi connectivity index (χ1) is 16.3. The van der Waals surface area contributed by atoms with Crippen LogP contribution in [-0.4, -0.2) is 57.9 Å². The third-order valence-electron chi connectivity index (χ3n) is 5.02. The van der Waals surface area contributed by atoms with Crippen molar-refractivity contribution in [1.82, 2.24) is 19.5 Å². The van der Waals surface area contributed by atoms with E-state index in [1.165, 1.54) is 0 Å². The highest BCUT2D eigenvalue weighted by molar-refractivity contribution is 9.10. The smallest absolute Gasteiger partial charge is 0.173 e. The number of nitrogens with one attached hydrogen (secondary N) is 3. The summed E-state index contributed by atoms with van der Waals surface area (Å²) < 4.78 is 2.57. The quantitative estimate of drug-likeness (QED) is 0.275. The zero-order valence-corrected chi connectivity index (χ0v) is 22.6. The van der Waals surface area contributed by atoms with E-state index in [9.17, 15) is 5.11 Å². The molecule has 3 aromatic rings. The highest BCUT2D eigenvalue weighted by Gasteiger charge is 2.15. The number of halogens is 1. The minimum absolute atomic E-state index is 0.0368. The lowest BCUT2D eigenvalue weighted by Gasteiger charge is -2.21. The Morgan fingerprint density at radius 3 is 2.47 bits per heavy atom. The normalized spacial score (nSPS) is 11.8. The number of benzene rings is 1. The summed E-state index contributed by atoms with van der Waals surface area (Å²) in [7, 11) is 4.03. The Kier molecular flexibility index (Phi) is 10.8. The molecule has 0 aliphatic carbocycles. The Balaban J connectivity index is 0.00000199. The summed E-state index contributed by atoms with van der Waals surface area (Å²) in [4.78, 5) is 6.72. The third-order valence-corrected chi connectivity index (χ3v) is 5.58. The summed E-state index contributed by atoms with van der Waals surface area (Å²) in [5.41, 5.74) is 3.80. The number of fused-ring (bicyclic) bond motifs is 1. The molecule has 0 aliphatic heterocycles. The molecule has 1 atom stereocenters. The van der Waals surface area contributed by atoms with E-state index < -0.39 is 0 Å². The second-order valence-corrected chi connectivity index (χ2v) is 9.30. The summed E-state index contributed by atoms with van der Waals surface area (Å²) in [5, 5.41) is 24.2. The molecule has 0 spiro atoms. The van der Waals surface area contributed by atoms with Crippen molar-refractivity contribution in [3.8, 4) is 0 Å².